The van der Waals surface area contributed by atoms with Crippen LogP contribution in [0.15, 0.2) is 34.0 Å². The van der Waals surface area contributed by atoms with Crippen LogP contribution in [0.5, 0.6) is 0 Å². The van der Waals surface area contributed by atoms with Crippen molar-refractivity contribution in [2.45, 2.75) is 24.9 Å². The molecule has 0 bridgehead atoms. The van der Waals surface area contributed by atoms with Crippen LogP contribution < -0.4 is 10.5 Å². The number of sulfonamides is 1. The lowest BCUT2D eigenvalue weighted by Crippen LogP contribution is -2.24. The number of nitrogens with two attached hydrogens (primary N) is 1. The van der Waals surface area contributed by atoms with Crippen molar-refractivity contribution in [3.05, 3.63) is 45.9 Å². The van der Waals surface area contributed by atoms with Crippen LogP contribution in [0, 0.1) is 6.92 Å². The van der Waals surface area contributed by atoms with Gasteiger partial charge in [0.05, 0.1) is 22.6 Å². The van der Waals surface area contributed by atoms with E-state index in [0.717, 1.165) is 5.56 Å². The van der Waals surface area contributed by atoms with Gasteiger partial charge in [-0.2, -0.15) is 0 Å². The Morgan fingerprint density at radius 3 is 2.84 bits per heavy atom. The van der Waals surface area contributed by atoms with Gasteiger partial charge in [0, 0.05) is 11.9 Å². The van der Waals surface area contributed by atoms with Crippen molar-refractivity contribution in [1.29, 1.82) is 0 Å². The van der Waals surface area contributed by atoms with Crippen molar-refractivity contribution in [3.63, 3.8) is 0 Å². The number of thiazole rings is 1. The third-order valence-corrected chi connectivity index (χ3v) is 5.01. The Morgan fingerprint density at radius 1 is 1.42 bits per heavy atom. The number of hydrogen-bond donors (Lipinski definition) is 2. The van der Waals surface area contributed by atoms with Crippen molar-refractivity contribution in [1.82, 2.24) is 9.71 Å². The van der Waals surface area contributed by atoms with E-state index in [1.54, 1.807) is 24.6 Å². The molecular weight excluding hydrogens is 282 g/mol. The molecule has 0 aliphatic carbocycles. The molecular formula is C12H15N3O2S2. The fourth-order valence-electron chi connectivity index (χ4n) is 1.74. The first-order chi connectivity index (χ1) is 9.04. The van der Waals surface area contributed by atoms with Gasteiger partial charge in [-0.05, 0) is 24.1 Å². The van der Waals surface area contributed by atoms with Crippen LogP contribution in [0.1, 0.15) is 16.8 Å². The van der Waals surface area contributed by atoms with Crippen LogP contribution >= 0.6 is 11.3 Å². The molecule has 102 valence electrons. The third kappa shape index (κ3) is 3.19. The quantitative estimate of drug-likeness (QED) is 0.873. The fraction of sp³-hybridized carbons (Fsp3) is 0.250. The Hall–Kier alpha value is -1.28. The Morgan fingerprint density at radius 2 is 2.21 bits per heavy atom. The topological polar surface area (TPSA) is 85.1 Å². The Balaban J connectivity index is 2.24. The fourth-order valence-corrected chi connectivity index (χ4v) is 3.59. The summed E-state index contributed by atoms with van der Waals surface area (Å²) in [5.74, 6) is 0. The van der Waals surface area contributed by atoms with Crippen LogP contribution in [0.2, 0.25) is 0 Å². The first-order valence-corrected chi connectivity index (χ1v) is 8.12. The maximum absolute atomic E-state index is 12.2. The van der Waals surface area contributed by atoms with Gasteiger partial charge in [0.2, 0.25) is 10.0 Å². The highest BCUT2D eigenvalue weighted by atomic mass is 32.2. The minimum Gasteiger partial charge on any atom is -0.326 e. The van der Waals surface area contributed by atoms with Crippen LogP contribution in [0.3, 0.4) is 0 Å². The number of hydrogen-bond acceptors (Lipinski definition) is 5. The van der Waals surface area contributed by atoms with Crippen molar-refractivity contribution >= 4 is 21.4 Å². The van der Waals surface area contributed by atoms with E-state index < -0.39 is 10.0 Å². The predicted octanol–water partition coefficient (Wildman–Crippen LogP) is 1.39. The molecule has 3 N–H and O–H groups in total. The molecule has 2 aromatic rings. The van der Waals surface area contributed by atoms with Crippen LogP contribution in [-0.4, -0.2) is 13.4 Å². The maximum atomic E-state index is 12.2. The average Bonchev–Trinajstić information content (AvgIpc) is 2.90. The van der Waals surface area contributed by atoms with E-state index in [2.05, 4.69) is 9.71 Å². The van der Waals surface area contributed by atoms with Gasteiger partial charge in [0.15, 0.2) is 0 Å². The molecule has 0 unspecified atom stereocenters. The van der Waals surface area contributed by atoms with Gasteiger partial charge in [-0.3, -0.25) is 0 Å². The first-order valence-electron chi connectivity index (χ1n) is 5.70. The lowest BCUT2D eigenvalue weighted by molar-refractivity contribution is 0.580. The van der Waals surface area contributed by atoms with Gasteiger partial charge in [-0.15, -0.1) is 11.3 Å². The number of benzene rings is 1. The smallest absolute Gasteiger partial charge is 0.241 e. The monoisotopic (exact) mass is 297 g/mol. The first kappa shape index (κ1) is 14.1. The lowest BCUT2D eigenvalue weighted by atomic mass is 10.1. The van der Waals surface area contributed by atoms with E-state index in [4.69, 9.17) is 5.73 Å². The Kier molecular flexibility index (Phi) is 4.31. The van der Waals surface area contributed by atoms with E-state index in [-0.39, 0.29) is 11.4 Å². The highest BCUT2D eigenvalue weighted by Crippen LogP contribution is 2.18. The summed E-state index contributed by atoms with van der Waals surface area (Å²) in [6, 6.07) is 5.11. The second-order valence-electron chi connectivity index (χ2n) is 4.05. The SMILES string of the molecule is Cc1c(CN)cccc1S(=O)(=O)NCc1cscn1. The standard InChI is InChI=1S/C12H15N3O2S2/c1-9-10(5-13)3-2-4-12(9)19(16,17)15-6-11-7-18-8-14-11/h2-4,7-8,15H,5-6,13H2,1H3. The molecule has 0 saturated heterocycles. The molecule has 0 aliphatic rings. The number of nitrogens with zero attached hydrogens (tertiary/aromatic N) is 1. The second-order valence-corrected chi connectivity index (χ2v) is 6.50. The average molecular weight is 297 g/mol. The normalized spacial score (nSPS) is 11.7. The highest BCUT2D eigenvalue weighted by molar-refractivity contribution is 7.89. The van der Waals surface area contributed by atoms with Crippen molar-refractivity contribution in [3.8, 4) is 0 Å². The molecule has 0 aliphatic heterocycles. The molecule has 0 saturated carbocycles. The largest absolute Gasteiger partial charge is 0.326 e. The molecule has 0 atom stereocenters. The molecule has 0 amide bonds. The minimum absolute atomic E-state index is 0.193. The predicted molar refractivity (Wildman–Crippen MR) is 75.2 cm³/mol. The van der Waals surface area contributed by atoms with Crippen molar-refractivity contribution in [2.24, 2.45) is 5.73 Å². The molecule has 1 aromatic carbocycles. The summed E-state index contributed by atoms with van der Waals surface area (Å²) >= 11 is 1.43. The molecule has 0 spiro atoms. The van der Waals surface area contributed by atoms with Gasteiger partial charge in [0.1, 0.15) is 0 Å². The summed E-state index contributed by atoms with van der Waals surface area (Å²) in [6.45, 7) is 2.28. The summed E-state index contributed by atoms with van der Waals surface area (Å²) in [4.78, 5) is 4.31. The summed E-state index contributed by atoms with van der Waals surface area (Å²) in [7, 11) is -3.54. The van der Waals surface area contributed by atoms with Crippen molar-refractivity contribution in [2.75, 3.05) is 0 Å². The van der Waals surface area contributed by atoms with E-state index in [1.807, 2.05) is 11.4 Å². The van der Waals surface area contributed by atoms with Crippen molar-refractivity contribution < 1.29 is 8.42 Å². The molecule has 1 aromatic heterocycles. The molecule has 2 rings (SSSR count). The third-order valence-electron chi connectivity index (χ3n) is 2.83. The van der Waals surface area contributed by atoms with Gasteiger partial charge >= 0.3 is 0 Å². The molecule has 0 radical (unpaired) electrons. The van der Waals surface area contributed by atoms with Gasteiger partial charge in [-0.1, -0.05) is 12.1 Å². The summed E-state index contributed by atoms with van der Waals surface area (Å²) in [6.07, 6.45) is 0. The molecule has 1 heterocycles. The Bertz CT molecular complexity index is 652. The Labute approximate surface area is 116 Å². The van der Waals surface area contributed by atoms with Crippen LogP contribution in [-0.2, 0) is 23.1 Å². The zero-order chi connectivity index (χ0) is 13.9. The lowest BCUT2D eigenvalue weighted by Gasteiger charge is -2.11. The summed E-state index contributed by atoms with van der Waals surface area (Å²) < 4.78 is 27.0. The summed E-state index contributed by atoms with van der Waals surface area (Å²) in [5, 5.41) is 1.81. The number of nitrogens with one attached hydrogen (secondary N) is 1. The zero-order valence-corrected chi connectivity index (χ0v) is 12.1. The maximum Gasteiger partial charge on any atom is 0.241 e. The number of aromatic nitrogens is 1. The molecule has 5 nitrogen and oxygen atoms in total. The van der Waals surface area contributed by atoms with E-state index in [9.17, 15) is 8.42 Å². The van der Waals surface area contributed by atoms with E-state index >= 15 is 0 Å². The minimum atomic E-state index is -3.54. The number of rotatable bonds is 5. The van der Waals surface area contributed by atoms with Crippen LogP contribution in [0.4, 0.5) is 0 Å². The molecule has 19 heavy (non-hydrogen) atoms. The van der Waals surface area contributed by atoms with E-state index in [1.165, 1.54) is 11.3 Å². The molecule has 0 fully saturated rings. The highest BCUT2D eigenvalue weighted by Gasteiger charge is 2.17. The van der Waals surface area contributed by atoms with Gasteiger partial charge < -0.3 is 5.73 Å². The van der Waals surface area contributed by atoms with E-state index in [0.29, 0.717) is 17.8 Å². The zero-order valence-electron chi connectivity index (χ0n) is 10.5. The second kappa shape index (κ2) is 5.79. The van der Waals surface area contributed by atoms with Crippen LogP contribution in [0.25, 0.3) is 0 Å². The summed E-state index contributed by atoms with van der Waals surface area (Å²) in [5.41, 5.74) is 9.49. The molecule has 7 heteroatoms. The van der Waals surface area contributed by atoms with Gasteiger partial charge in [-0.25, -0.2) is 18.1 Å². The van der Waals surface area contributed by atoms with Gasteiger partial charge in [0.25, 0.3) is 0 Å².